The Hall–Kier alpha value is -2.07. The minimum Gasteiger partial charge on any atom is -0.387 e. The Morgan fingerprint density at radius 3 is 2.83 bits per heavy atom. The Balaban J connectivity index is 1.26. The number of hydrogen-bond acceptors (Lipinski definition) is 6. The van der Waals surface area contributed by atoms with Crippen molar-refractivity contribution in [3.05, 3.63) is 70.5 Å². The third-order valence-electron chi connectivity index (χ3n) is 5.32. The Labute approximate surface area is 177 Å². The van der Waals surface area contributed by atoms with Gasteiger partial charge in [-0.1, -0.05) is 35.9 Å². The monoisotopic (exact) mass is 436 g/mol. The summed E-state index contributed by atoms with van der Waals surface area (Å²) in [5, 5.41) is 27.5. The molecular weight excluding hydrogens is 415 g/mol. The first-order valence-electron chi connectivity index (χ1n) is 9.56. The van der Waals surface area contributed by atoms with Gasteiger partial charge in [0.05, 0.1) is 19.3 Å². The predicted octanol–water partition coefficient (Wildman–Crippen LogP) is 1.39. The van der Waals surface area contributed by atoms with E-state index < -0.39 is 29.5 Å². The van der Waals surface area contributed by atoms with E-state index in [0.29, 0.717) is 5.02 Å². The van der Waals surface area contributed by atoms with Gasteiger partial charge in [0.1, 0.15) is 29.9 Å². The summed E-state index contributed by atoms with van der Waals surface area (Å²) >= 11 is 6.16. The van der Waals surface area contributed by atoms with Crippen LogP contribution in [-0.4, -0.2) is 59.9 Å². The zero-order chi connectivity index (χ0) is 21.3. The molecule has 30 heavy (non-hydrogen) atoms. The molecule has 2 aromatic carbocycles. The smallest absolute Gasteiger partial charge is 0.251 e. The molecule has 0 aromatic heterocycles. The molecular formula is C21H22ClFN2O5. The zero-order valence-corrected chi connectivity index (χ0v) is 16.7. The Kier molecular flexibility index (Phi) is 6.06. The Morgan fingerprint density at radius 2 is 2.07 bits per heavy atom. The predicted molar refractivity (Wildman–Crippen MR) is 106 cm³/mol. The number of carbonyl (C=O) groups is 1. The molecule has 5 atom stereocenters. The molecule has 2 saturated heterocycles. The van der Waals surface area contributed by atoms with Crippen LogP contribution in [0.4, 0.5) is 4.39 Å². The lowest BCUT2D eigenvalue weighted by Gasteiger charge is -2.26. The maximum atomic E-state index is 13.3. The van der Waals surface area contributed by atoms with Crippen molar-refractivity contribution in [2.45, 2.75) is 30.1 Å². The number of aliphatic hydroxyl groups excluding tert-OH is 1. The second-order valence-electron chi connectivity index (χ2n) is 7.50. The van der Waals surface area contributed by atoms with E-state index in [4.69, 9.17) is 21.1 Å². The van der Waals surface area contributed by atoms with E-state index in [-0.39, 0.29) is 37.6 Å². The molecule has 2 fully saturated rings. The first kappa shape index (κ1) is 21.2. The van der Waals surface area contributed by atoms with E-state index in [1.165, 1.54) is 18.2 Å². The summed E-state index contributed by atoms with van der Waals surface area (Å²) in [6, 6.07) is 12.6. The van der Waals surface area contributed by atoms with Gasteiger partial charge in [0.2, 0.25) is 0 Å². The van der Waals surface area contributed by atoms with E-state index in [0.717, 1.165) is 11.6 Å². The van der Waals surface area contributed by atoms with E-state index in [1.807, 2.05) is 18.2 Å². The van der Waals surface area contributed by atoms with Crippen LogP contribution in [0.25, 0.3) is 0 Å². The van der Waals surface area contributed by atoms with Crippen molar-refractivity contribution < 1.29 is 28.9 Å². The summed E-state index contributed by atoms with van der Waals surface area (Å²) in [5.41, 5.74) is -0.648. The number of nitrogens with one attached hydrogen (secondary N) is 2. The van der Waals surface area contributed by atoms with Crippen LogP contribution in [0.2, 0.25) is 5.02 Å². The topological polar surface area (TPSA) is 103 Å². The number of benzene rings is 2. The van der Waals surface area contributed by atoms with Gasteiger partial charge in [-0.3, -0.25) is 10.1 Å². The van der Waals surface area contributed by atoms with Crippen molar-refractivity contribution in [2.24, 2.45) is 0 Å². The Morgan fingerprint density at radius 1 is 1.27 bits per heavy atom. The number of rotatable bonds is 7. The zero-order valence-electron chi connectivity index (χ0n) is 15.9. The molecule has 2 aromatic rings. The third kappa shape index (κ3) is 4.49. The van der Waals surface area contributed by atoms with Crippen LogP contribution < -0.4 is 10.6 Å². The average molecular weight is 437 g/mol. The van der Waals surface area contributed by atoms with Crippen LogP contribution in [-0.2, 0) is 9.47 Å². The van der Waals surface area contributed by atoms with Gasteiger partial charge in [-0.15, -0.1) is 0 Å². The van der Waals surface area contributed by atoms with Gasteiger partial charge >= 0.3 is 0 Å². The fraction of sp³-hybridized carbons (Fsp3) is 0.381. The largest absolute Gasteiger partial charge is 0.387 e. The molecule has 0 radical (unpaired) electrons. The highest BCUT2D eigenvalue weighted by molar-refractivity contribution is 6.31. The molecule has 2 unspecified atom stereocenters. The van der Waals surface area contributed by atoms with Crippen molar-refractivity contribution in [2.75, 3.05) is 19.7 Å². The highest BCUT2D eigenvalue weighted by Crippen LogP contribution is 2.40. The fourth-order valence-electron chi connectivity index (χ4n) is 3.51. The number of carbonyl (C=O) groups excluding carboxylic acids is 1. The van der Waals surface area contributed by atoms with Gasteiger partial charge in [-0.2, -0.15) is 0 Å². The van der Waals surface area contributed by atoms with E-state index >= 15 is 0 Å². The summed E-state index contributed by atoms with van der Waals surface area (Å²) in [5.74, 6) is -1.08. The normalized spacial score (nSPS) is 30.3. The summed E-state index contributed by atoms with van der Waals surface area (Å²) in [7, 11) is 0. The van der Waals surface area contributed by atoms with Crippen LogP contribution >= 0.6 is 11.6 Å². The van der Waals surface area contributed by atoms with Crippen molar-refractivity contribution in [1.29, 1.82) is 0 Å². The number of halogens is 2. The van der Waals surface area contributed by atoms with Gasteiger partial charge in [0.25, 0.3) is 5.91 Å². The first-order chi connectivity index (χ1) is 14.4. The number of hydrogen-bond donors (Lipinski definition) is 4. The fourth-order valence-corrected chi connectivity index (χ4v) is 3.75. The standard InChI is InChI=1S/C21H22ClFN2O5/c22-15-7-2-1-6-14(15)17-20(30-17)24-9-16-18(26)21(28,11-29-16)10-25-19(27)12-4-3-5-13(23)8-12/h1-8,16-18,20,24,26,28H,9-11H2,(H,25,27)/t16-,17?,18-,20?,21+/m1/s1. The lowest BCUT2D eigenvalue weighted by molar-refractivity contribution is -0.0467. The SMILES string of the molecule is O=C(NC[C@]1(O)CO[C@H](CNC2OC2c2ccccc2Cl)[C@H]1O)c1cccc(F)c1. The summed E-state index contributed by atoms with van der Waals surface area (Å²) in [4.78, 5) is 12.2. The van der Waals surface area contributed by atoms with E-state index in [9.17, 15) is 19.4 Å². The minimum absolute atomic E-state index is 0.127. The van der Waals surface area contributed by atoms with E-state index in [2.05, 4.69) is 10.6 Å². The molecule has 2 aliphatic rings. The van der Waals surface area contributed by atoms with E-state index in [1.54, 1.807) is 6.07 Å². The van der Waals surface area contributed by atoms with Crippen molar-refractivity contribution >= 4 is 17.5 Å². The quantitative estimate of drug-likeness (QED) is 0.489. The van der Waals surface area contributed by atoms with Gasteiger partial charge < -0.3 is 25.0 Å². The number of aliphatic hydroxyl groups is 2. The first-order valence-corrected chi connectivity index (χ1v) is 9.94. The van der Waals surface area contributed by atoms with Crippen molar-refractivity contribution in [3.8, 4) is 0 Å². The van der Waals surface area contributed by atoms with Crippen LogP contribution in [0, 0.1) is 5.82 Å². The van der Waals surface area contributed by atoms with Crippen molar-refractivity contribution in [1.82, 2.24) is 10.6 Å². The highest BCUT2D eigenvalue weighted by atomic mass is 35.5. The molecule has 2 aliphatic heterocycles. The number of amides is 1. The van der Waals surface area contributed by atoms with Crippen LogP contribution in [0.3, 0.4) is 0 Å². The summed E-state index contributed by atoms with van der Waals surface area (Å²) < 4.78 is 24.4. The Bertz CT molecular complexity index is 932. The summed E-state index contributed by atoms with van der Waals surface area (Å²) in [6.07, 6.45) is -2.35. The molecule has 4 rings (SSSR count). The van der Waals surface area contributed by atoms with Crippen LogP contribution in [0.5, 0.6) is 0 Å². The molecule has 4 N–H and O–H groups in total. The van der Waals surface area contributed by atoms with Gasteiger partial charge in [0, 0.05) is 22.7 Å². The molecule has 0 bridgehead atoms. The molecule has 7 nitrogen and oxygen atoms in total. The molecule has 1 amide bonds. The summed E-state index contributed by atoms with van der Waals surface area (Å²) in [6.45, 7) is -0.140. The molecule has 160 valence electrons. The second kappa shape index (κ2) is 8.58. The van der Waals surface area contributed by atoms with Gasteiger partial charge in [-0.25, -0.2) is 4.39 Å². The molecule has 9 heteroatoms. The number of epoxide rings is 1. The lowest BCUT2D eigenvalue weighted by atomic mass is 9.96. The van der Waals surface area contributed by atoms with Gasteiger partial charge in [0.15, 0.2) is 0 Å². The molecule has 0 spiro atoms. The van der Waals surface area contributed by atoms with Crippen LogP contribution in [0.15, 0.2) is 48.5 Å². The number of ether oxygens (including phenoxy) is 2. The average Bonchev–Trinajstić information content (AvgIpc) is 3.45. The van der Waals surface area contributed by atoms with Gasteiger partial charge in [-0.05, 0) is 24.3 Å². The lowest BCUT2D eigenvalue weighted by Crippen LogP contribution is -2.53. The molecule has 2 heterocycles. The second-order valence-corrected chi connectivity index (χ2v) is 7.91. The van der Waals surface area contributed by atoms with Crippen LogP contribution in [0.1, 0.15) is 22.0 Å². The highest BCUT2D eigenvalue weighted by Gasteiger charge is 2.49. The third-order valence-corrected chi connectivity index (χ3v) is 5.66. The van der Waals surface area contributed by atoms with Crippen molar-refractivity contribution in [3.63, 3.8) is 0 Å². The molecule has 0 aliphatic carbocycles. The minimum atomic E-state index is -1.65. The molecule has 0 saturated carbocycles. The maximum Gasteiger partial charge on any atom is 0.251 e. The maximum absolute atomic E-state index is 13.3.